The lowest BCUT2D eigenvalue weighted by atomic mass is 10.3. The van der Waals surface area contributed by atoms with Crippen LogP contribution in [-0.4, -0.2) is 14.3 Å². The predicted octanol–water partition coefficient (Wildman–Crippen LogP) is 5.10. The van der Waals surface area contributed by atoms with Crippen molar-refractivity contribution >= 4 is 14.3 Å². The third kappa shape index (κ3) is 3.59. The highest BCUT2D eigenvalue weighted by atomic mass is 28.4. The van der Waals surface area contributed by atoms with Gasteiger partial charge in [-0.2, -0.15) is 0 Å². The minimum Gasteiger partial charge on any atom is -0.518 e. The zero-order valence-electron chi connectivity index (χ0n) is 13.2. The lowest BCUT2D eigenvalue weighted by Crippen LogP contribution is -2.51. The van der Waals surface area contributed by atoms with Crippen LogP contribution in [0.4, 0.5) is 0 Å². The molecule has 2 nitrogen and oxygen atoms in total. The molecule has 0 fully saturated rings. The molecule has 1 radical (unpaired) electrons. The largest absolute Gasteiger partial charge is 0.518 e. The van der Waals surface area contributed by atoms with Crippen molar-refractivity contribution in [2.75, 3.05) is 0 Å². The molecular weight excluding hydrogens is 240 g/mol. The molecule has 0 aromatic rings. The Labute approximate surface area is 115 Å². The molecule has 18 heavy (non-hydrogen) atoms. The van der Waals surface area contributed by atoms with Crippen molar-refractivity contribution in [2.24, 2.45) is 0 Å². The highest BCUT2D eigenvalue weighted by Gasteiger charge is 2.50. The van der Waals surface area contributed by atoms with E-state index in [0.29, 0.717) is 16.6 Å². The SMILES string of the molecule is C[CH]C(=O)O[Si](C(C)CC)(C(C)CC)C(C)CC. The second-order valence-corrected chi connectivity index (χ2v) is 10.4. The van der Waals surface area contributed by atoms with Gasteiger partial charge in [0.05, 0.1) is 6.42 Å². The first-order valence-electron chi connectivity index (χ1n) is 7.42. The molecule has 0 heterocycles. The molecule has 0 aliphatic heterocycles. The highest BCUT2D eigenvalue weighted by Crippen LogP contribution is 2.47. The van der Waals surface area contributed by atoms with Gasteiger partial charge in [0.1, 0.15) is 0 Å². The van der Waals surface area contributed by atoms with Gasteiger partial charge in [0.15, 0.2) is 0 Å². The molecule has 0 aromatic heterocycles. The lowest BCUT2D eigenvalue weighted by Gasteiger charge is -2.44. The standard InChI is InChI=1S/C15H31O2Si/c1-8-12(5)18(13(6)9-2,14(7)10-3)17-15(16)11-4/h11-14H,8-10H2,1-7H3. The molecule has 0 aliphatic carbocycles. The van der Waals surface area contributed by atoms with Crippen LogP contribution in [0.2, 0.25) is 16.6 Å². The Bertz CT molecular complexity index is 226. The first kappa shape index (κ1) is 17.7. The minimum absolute atomic E-state index is 0.123. The molecule has 3 atom stereocenters. The first-order valence-corrected chi connectivity index (χ1v) is 9.56. The molecular formula is C15H31O2Si. The van der Waals surface area contributed by atoms with Gasteiger partial charge in [0.25, 0.3) is 14.3 Å². The van der Waals surface area contributed by atoms with E-state index in [9.17, 15) is 4.79 Å². The summed E-state index contributed by atoms with van der Waals surface area (Å²) in [6.45, 7) is 15.2. The van der Waals surface area contributed by atoms with Crippen molar-refractivity contribution in [3.05, 3.63) is 6.42 Å². The molecule has 0 bridgehead atoms. The second-order valence-electron chi connectivity index (χ2n) is 5.49. The molecule has 0 aliphatic rings. The number of carbonyl (C=O) groups excluding carboxylic acids is 1. The predicted molar refractivity (Wildman–Crippen MR) is 81.0 cm³/mol. The van der Waals surface area contributed by atoms with Crippen molar-refractivity contribution < 1.29 is 9.22 Å². The normalized spacial score (nSPS) is 19.7. The Morgan fingerprint density at radius 2 is 1.33 bits per heavy atom. The quantitative estimate of drug-likeness (QED) is 0.574. The lowest BCUT2D eigenvalue weighted by molar-refractivity contribution is -0.131. The van der Waals surface area contributed by atoms with Gasteiger partial charge in [-0.05, 0) is 16.6 Å². The van der Waals surface area contributed by atoms with Crippen LogP contribution in [0.15, 0.2) is 0 Å². The molecule has 3 heteroatoms. The number of carbonyl (C=O) groups is 1. The Balaban J connectivity index is 5.46. The zero-order chi connectivity index (χ0) is 14.3. The van der Waals surface area contributed by atoms with Crippen molar-refractivity contribution in [3.63, 3.8) is 0 Å². The molecule has 107 valence electrons. The number of rotatable bonds is 8. The summed E-state index contributed by atoms with van der Waals surface area (Å²) in [7, 11) is -2.07. The third-order valence-corrected chi connectivity index (χ3v) is 11.1. The number of hydrogen-bond donors (Lipinski definition) is 0. The van der Waals surface area contributed by atoms with E-state index in [2.05, 4.69) is 41.5 Å². The maximum Gasteiger partial charge on any atom is 0.296 e. The molecule has 0 saturated carbocycles. The van der Waals surface area contributed by atoms with Crippen molar-refractivity contribution in [2.45, 2.75) is 84.4 Å². The van der Waals surface area contributed by atoms with Crippen LogP contribution >= 0.6 is 0 Å². The fourth-order valence-electron chi connectivity index (χ4n) is 2.95. The summed E-state index contributed by atoms with van der Waals surface area (Å²) in [5.74, 6) is -0.123. The smallest absolute Gasteiger partial charge is 0.296 e. The van der Waals surface area contributed by atoms with Gasteiger partial charge in [-0.3, -0.25) is 4.79 Å². The van der Waals surface area contributed by atoms with Crippen LogP contribution in [0.25, 0.3) is 0 Å². The fraction of sp³-hybridized carbons (Fsp3) is 0.867. The molecule has 0 spiro atoms. The minimum atomic E-state index is -2.07. The second kappa shape index (κ2) is 7.98. The Hall–Kier alpha value is -0.313. The van der Waals surface area contributed by atoms with Crippen molar-refractivity contribution in [3.8, 4) is 0 Å². The molecule has 0 amide bonds. The Morgan fingerprint density at radius 3 is 1.56 bits per heavy atom. The van der Waals surface area contributed by atoms with Crippen molar-refractivity contribution in [1.82, 2.24) is 0 Å². The Kier molecular flexibility index (Phi) is 7.84. The van der Waals surface area contributed by atoms with E-state index in [-0.39, 0.29) is 5.97 Å². The van der Waals surface area contributed by atoms with Gasteiger partial charge < -0.3 is 4.43 Å². The molecule has 3 unspecified atom stereocenters. The van der Waals surface area contributed by atoms with E-state index in [1.165, 1.54) is 0 Å². The van der Waals surface area contributed by atoms with Crippen molar-refractivity contribution in [1.29, 1.82) is 0 Å². The van der Waals surface area contributed by atoms with E-state index < -0.39 is 8.32 Å². The maximum absolute atomic E-state index is 11.8. The van der Waals surface area contributed by atoms with Crippen LogP contribution in [0, 0.1) is 6.42 Å². The highest BCUT2D eigenvalue weighted by molar-refractivity contribution is 6.79. The van der Waals surface area contributed by atoms with Crippen LogP contribution in [0.5, 0.6) is 0 Å². The van der Waals surface area contributed by atoms with Crippen LogP contribution in [0.3, 0.4) is 0 Å². The molecule has 0 aromatic carbocycles. The maximum atomic E-state index is 11.8. The summed E-state index contributed by atoms with van der Waals surface area (Å²) >= 11 is 0. The summed E-state index contributed by atoms with van der Waals surface area (Å²) in [4.78, 5) is 11.8. The molecule has 0 rings (SSSR count). The van der Waals surface area contributed by atoms with E-state index in [0.717, 1.165) is 19.3 Å². The summed E-state index contributed by atoms with van der Waals surface area (Å²) in [6, 6.07) is 0. The van der Waals surface area contributed by atoms with Gasteiger partial charge in [0, 0.05) is 0 Å². The average Bonchev–Trinajstić information content (AvgIpc) is 2.41. The fourth-order valence-corrected chi connectivity index (χ4v) is 8.85. The van der Waals surface area contributed by atoms with E-state index in [1.54, 1.807) is 13.3 Å². The summed E-state index contributed by atoms with van der Waals surface area (Å²) < 4.78 is 6.09. The van der Waals surface area contributed by atoms with Crippen LogP contribution in [0.1, 0.15) is 67.7 Å². The first-order chi connectivity index (χ1) is 8.40. The molecule has 0 N–H and O–H groups in total. The topological polar surface area (TPSA) is 26.3 Å². The van der Waals surface area contributed by atoms with E-state index in [1.807, 2.05) is 0 Å². The Morgan fingerprint density at radius 1 is 1.00 bits per heavy atom. The summed E-state index contributed by atoms with van der Waals surface area (Å²) in [5, 5.41) is 0. The van der Waals surface area contributed by atoms with Crippen LogP contribution in [-0.2, 0) is 9.22 Å². The van der Waals surface area contributed by atoms with E-state index in [4.69, 9.17) is 4.43 Å². The zero-order valence-corrected chi connectivity index (χ0v) is 14.2. The molecule has 0 saturated heterocycles. The monoisotopic (exact) mass is 271 g/mol. The summed E-state index contributed by atoms with van der Waals surface area (Å²) in [5.41, 5.74) is 1.56. The third-order valence-electron chi connectivity index (χ3n) is 4.66. The number of hydrogen-bond acceptors (Lipinski definition) is 2. The van der Waals surface area contributed by atoms with Crippen LogP contribution < -0.4 is 0 Å². The van der Waals surface area contributed by atoms with Gasteiger partial charge in [-0.1, -0.05) is 67.7 Å². The van der Waals surface area contributed by atoms with Gasteiger partial charge >= 0.3 is 0 Å². The average molecular weight is 271 g/mol. The van der Waals surface area contributed by atoms with E-state index >= 15 is 0 Å². The van der Waals surface area contributed by atoms with Gasteiger partial charge in [0.2, 0.25) is 0 Å². The summed E-state index contributed by atoms with van der Waals surface area (Å²) in [6.07, 6.45) is 4.85. The van der Waals surface area contributed by atoms with Gasteiger partial charge in [-0.15, -0.1) is 0 Å². The van der Waals surface area contributed by atoms with Gasteiger partial charge in [-0.25, -0.2) is 0 Å².